The Morgan fingerprint density at radius 3 is 2.79 bits per heavy atom. The molecule has 2 unspecified atom stereocenters. The van der Waals surface area contributed by atoms with Crippen LogP contribution in [0.1, 0.15) is 33.1 Å². The summed E-state index contributed by atoms with van der Waals surface area (Å²) < 4.78 is 5.55. The first-order chi connectivity index (χ1) is 6.72. The van der Waals surface area contributed by atoms with E-state index in [0.717, 1.165) is 26.1 Å². The number of ether oxygens (including phenoxy) is 1. The van der Waals surface area contributed by atoms with Gasteiger partial charge in [-0.15, -0.1) is 0 Å². The van der Waals surface area contributed by atoms with Crippen LogP contribution in [-0.4, -0.2) is 31.8 Å². The fourth-order valence-corrected chi connectivity index (χ4v) is 1.94. The largest absolute Gasteiger partial charge is 0.377 e. The number of hydrogen-bond donors (Lipinski definition) is 2. The van der Waals surface area contributed by atoms with Crippen LogP contribution < -0.4 is 11.1 Å². The Labute approximate surface area is 87.4 Å². The summed E-state index contributed by atoms with van der Waals surface area (Å²) in [5, 5.41) is 3.49. The van der Waals surface area contributed by atoms with Gasteiger partial charge < -0.3 is 15.8 Å². The Morgan fingerprint density at radius 2 is 2.29 bits per heavy atom. The van der Waals surface area contributed by atoms with Gasteiger partial charge in [0.2, 0.25) is 0 Å². The third-order valence-corrected chi connectivity index (χ3v) is 2.70. The van der Waals surface area contributed by atoms with E-state index in [1.807, 2.05) is 0 Å². The highest BCUT2D eigenvalue weighted by Gasteiger charge is 2.17. The molecule has 1 saturated heterocycles. The van der Waals surface area contributed by atoms with Crippen LogP contribution in [0, 0.1) is 5.92 Å². The van der Waals surface area contributed by atoms with Crippen molar-refractivity contribution in [2.75, 3.05) is 19.7 Å². The zero-order valence-electron chi connectivity index (χ0n) is 9.46. The normalized spacial score (nSPS) is 24.4. The predicted octanol–water partition coefficient (Wildman–Crippen LogP) is 1.13. The second-order valence-corrected chi connectivity index (χ2v) is 4.61. The van der Waals surface area contributed by atoms with Gasteiger partial charge in [0.1, 0.15) is 0 Å². The standard InChI is InChI=1S/C11H24N2O/c1-9(2)6-10(7-12)13-8-11-4-3-5-14-11/h9-11,13H,3-8,12H2,1-2H3. The van der Waals surface area contributed by atoms with Crippen molar-refractivity contribution in [3.63, 3.8) is 0 Å². The van der Waals surface area contributed by atoms with Gasteiger partial charge in [0.25, 0.3) is 0 Å². The van der Waals surface area contributed by atoms with Crippen molar-refractivity contribution in [3.05, 3.63) is 0 Å². The molecule has 0 spiro atoms. The molecule has 3 nitrogen and oxygen atoms in total. The van der Waals surface area contributed by atoms with E-state index in [9.17, 15) is 0 Å². The predicted molar refractivity (Wildman–Crippen MR) is 59.3 cm³/mol. The van der Waals surface area contributed by atoms with Gasteiger partial charge in [0, 0.05) is 25.7 Å². The number of nitrogens with two attached hydrogens (primary N) is 1. The van der Waals surface area contributed by atoms with Crippen LogP contribution in [0.2, 0.25) is 0 Å². The van der Waals surface area contributed by atoms with Crippen molar-refractivity contribution in [2.24, 2.45) is 11.7 Å². The molecule has 0 bridgehead atoms. The van der Waals surface area contributed by atoms with Crippen molar-refractivity contribution in [3.8, 4) is 0 Å². The summed E-state index contributed by atoms with van der Waals surface area (Å²) in [6.07, 6.45) is 4.00. The molecule has 1 fully saturated rings. The van der Waals surface area contributed by atoms with Crippen molar-refractivity contribution in [2.45, 2.75) is 45.3 Å². The lowest BCUT2D eigenvalue weighted by Crippen LogP contribution is -2.41. The molecule has 1 aliphatic heterocycles. The molecule has 1 aliphatic rings. The molecular weight excluding hydrogens is 176 g/mol. The Kier molecular flexibility index (Phi) is 5.45. The van der Waals surface area contributed by atoms with Crippen LogP contribution in [0.15, 0.2) is 0 Å². The maximum atomic E-state index is 5.70. The second-order valence-electron chi connectivity index (χ2n) is 4.61. The molecule has 0 aliphatic carbocycles. The minimum atomic E-state index is 0.427. The summed E-state index contributed by atoms with van der Waals surface area (Å²) in [5.41, 5.74) is 5.70. The molecule has 84 valence electrons. The maximum Gasteiger partial charge on any atom is 0.0700 e. The average Bonchev–Trinajstić information content (AvgIpc) is 2.64. The van der Waals surface area contributed by atoms with Crippen molar-refractivity contribution in [1.29, 1.82) is 0 Å². The molecule has 0 radical (unpaired) electrons. The molecule has 14 heavy (non-hydrogen) atoms. The SMILES string of the molecule is CC(C)CC(CN)NCC1CCCO1. The van der Waals surface area contributed by atoms with Crippen molar-refractivity contribution < 1.29 is 4.74 Å². The Bertz CT molecular complexity index is 144. The van der Waals surface area contributed by atoms with E-state index in [0.29, 0.717) is 18.1 Å². The van der Waals surface area contributed by atoms with Crippen LogP contribution >= 0.6 is 0 Å². The lowest BCUT2D eigenvalue weighted by Gasteiger charge is -2.20. The van der Waals surface area contributed by atoms with E-state index in [-0.39, 0.29) is 0 Å². The summed E-state index contributed by atoms with van der Waals surface area (Å²) >= 11 is 0. The van der Waals surface area contributed by atoms with Crippen LogP contribution in [0.25, 0.3) is 0 Å². The molecular formula is C11H24N2O. The summed E-state index contributed by atoms with van der Waals surface area (Å²) in [6.45, 7) is 7.09. The topological polar surface area (TPSA) is 47.3 Å². The fourth-order valence-electron chi connectivity index (χ4n) is 1.94. The van der Waals surface area contributed by atoms with Gasteiger partial charge in [-0.1, -0.05) is 13.8 Å². The van der Waals surface area contributed by atoms with Crippen LogP contribution in [-0.2, 0) is 4.74 Å². The second kappa shape index (κ2) is 6.38. The van der Waals surface area contributed by atoms with Crippen molar-refractivity contribution in [1.82, 2.24) is 5.32 Å². The number of nitrogens with one attached hydrogen (secondary N) is 1. The Hall–Kier alpha value is -0.120. The Balaban J connectivity index is 2.12. The summed E-state index contributed by atoms with van der Waals surface area (Å²) in [5.74, 6) is 0.709. The molecule has 0 aromatic heterocycles. The van der Waals surface area contributed by atoms with Crippen LogP contribution in [0.5, 0.6) is 0 Å². The van der Waals surface area contributed by atoms with Gasteiger partial charge in [-0.3, -0.25) is 0 Å². The highest BCUT2D eigenvalue weighted by Crippen LogP contribution is 2.11. The molecule has 1 heterocycles. The minimum absolute atomic E-state index is 0.427. The number of hydrogen-bond acceptors (Lipinski definition) is 3. The number of rotatable bonds is 6. The summed E-state index contributed by atoms with van der Waals surface area (Å²) in [6, 6.07) is 0.458. The van der Waals surface area contributed by atoms with E-state index in [1.165, 1.54) is 12.8 Å². The molecule has 0 amide bonds. The van der Waals surface area contributed by atoms with E-state index in [2.05, 4.69) is 19.2 Å². The van der Waals surface area contributed by atoms with E-state index >= 15 is 0 Å². The quantitative estimate of drug-likeness (QED) is 0.675. The fraction of sp³-hybridized carbons (Fsp3) is 1.00. The van der Waals surface area contributed by atoms with E-state index in [4.69, 9.17) is 10.5 Å². The molecule has 3 N–H and O–H groups in total. The maximum absolute atomic E-state index is 5.70. The first kappa shape index (κ1) is 12.0. The minimum Gasteiger partial charge on any atom is -0.377 e. The van der Waals surface area contributed by atoms with Gasteiger partial charge in [0.05, 0.1) is 6.10 Å². The Morgan fingerprint density at radius 1 is 1.50 bits per heavy atom. The molecule has 2 atom stereocenters. The van der Waals surface area contributed by atoms with Crippen LogP contribution in [0.3, 0.4) is 0 Å². The van der Waals surface area contributed by atoms with Crippen LogP contribution in [0.4, 0.5) is 0 Å². The highest BCUT2D eigenvalue weighted by atomic mass is 16.5. The molecule has 0 saturated carbocycles. The third-order valence-electron chi connectivity index (χ3n) is 2.70. The average molecular weight is 200 g/mol. The lowest BCUT2D eigenvalue weighted by atomic mass is 10.0. The lowest BCUT2D eigenvalue weighted by molar-refractivity contribution is 0.107. The first-order valence-corrected chi connectivity index (χ1v) is 5.77. The van der Waals surface area contributed by atoms with E-state index < -0.39 is 0 Å². The highest BCUT2D eigenvalue weighted by molar-refractivity contribution is 4.74. The smallest absolute Gasteiger partial charge is 0.0700 e. The van der Waals surface area contributed by atoms with Gasteiger partial charge >= 0.3 is 0 Å². The van der Waals surface area contributed by atoms with Gasteiger partial charge in [-0.05, 0) is 25.2 Å². The van der Waals surface area contributed by atoms with Gasteiger partial charge in [-0.2, -0.15) is 0 Å². The molecule has 0 aromatic rings. The summed E-state index contributed by atoms with van der Waals surface area (Å²) in [7, 11) is 0. The molecule has 3 heteroatoms. The molecule has 1 rings (SSSR count). The first-order valence-electron chi connectivity index (χ1n) is 5.77. The molecule has 0 aromatic carbocycles. The zero-order valence-corrected chi connectivity index (χ0v) is 9.46. The zero-order chi connectivity index (χ0) is 10.4. The third kappa shape index (κ3) is 4.40. The van der Waals surface area contributed by atoms with Gasteiger partial charge in [-0.25, -0.2) is 0 Å². The van der Waals surface area contributed by atoms with E-state index in [1.54, 1.807) is 0 Å². The summed E-state index contributed by atoms with van der Waals surface area (Å²) in [4.78, 5) is 0. The van der Waals surface area contributed by atoms with Gasteiger partial charge in [0.15, 0.2) is 0 Å². The monoisotopic (exact) mass is 200 g/mol. The van der Waals surface area contributed by atoms with Crippen molar-refractivity contribution >= 4 is 0 Å².